The summed E-state index contributed by atoms with van der Waals surface area (Å²) in [6, 6.07) is 59.1. The van der Waals surface area contributed by atoms with Crippen LogP contribution in [-0.4, -0.2) is 101 Å². The molecule has 20 nitrogen and oxygen atoms in total. The minimum absolute atomic E-state index is 0.0242. The maximum Gasteiger partial charge on any atom is 0.228 e. The standard InChI is InChI=1S/C31H32FNO4.2C27H23BrFNO4.C27H22Cl2FNO4/c1-18-24(13-19-14-27(36-5)30(35)28(15-19)37-6)23-12-9-21(32)16-26(23)25(18)17-29(34)33-22-10-7-20(8-11-22)31(2,3)4;1-15-21(10-16-11-24(33-2)27(32)25(12-16)34-3)20-9-6-18(29)13-23(20)22(15)14-26(31)30-19-7-4-17(28)5-8-19;1-15-21(9-16-10-24(33-2)27(32)25(11-16)34-3)20-8-7-18(29)13-23(20)22(15)14-26(31)30-19-6-4-5-17(28)12-19;1-14-19(8-15-9-24(34-2)27(33)25(10-15)35-3)18-6-4-16(30)11-21(18)20(14)13-26(32)31-17-5-7-22(28)23(29)12-17/h7-16,35H,17H2,1-6H3,(H,33,34);2*4-13,32H,14H2,1-3H3,(H,30,31);4-12,33H,13H2,1-3H3,(H,31,32)/b24-13-;21-10-;21-9-;19-8-. The summed E-state index contributed by atoms with van der Waals surface area (Å²) < 4.78 is 101. The monoisotopic (exact) mass is 2060 g/mol. The normalized spacial score (nSPS) is 13.8. The molecular weight excluding hydrogens is 1960 g/mol. The van der Waals surface area contributed by atoms with Gasteiger partial charge >= 0.3 is 0 Å². The lowest BCUT2D eigenvalue weighted by molar-refractivity contribution is -0.116. The molecule has 4 aliphatic rings. The zero-order valence-electron chi connectivity index (χ0n) is 79.1. The fourth-order valence-corrected chi connectivity index (χ4v) is 17.7. The van der Waals surface area contributed by atoms with Gasteiger partial charge in [-0.25, -0.2) is 17.6 Å². The molecule has 0 saturated heterocycles. The second-order valence-electron chi connectivity index (χ2n) is 33.9. The summed E-state index contributed by atoms with van der Waals surface area (Å²) in [6.07, 6.45) is 7.95. The number of allylic oxidation sites excluding steroid dienone is 8. The number of nitrogens with one attached hydrogen (secondary N) is 4. The first kappa shape index (κ1) is 103. The van der Waals surface area contributed by atoms with Crippen LogP contribution in [0.15, 0.2) is 244 Å². The lowest BCUT2D eigenvalue weighted by Crippen LogP contribution is -2.13. The molecular formula is C112H100Br2Cl2F4N4O16. The Morgan fingerprint density at radius 2 is 0.557 bits per heavy atom. The second-order valence-corrected chi connectivity index (χ2v) is 36.5. The number of halogens is 8. The third kappa shape index (κ3) is 23.8. The van der Waals surface area contributed by atoms with Gasteiger partial charge in [-0.1, -0.05) is 118 Å². The van der Waals surface area contributed by atoms with Gasteiger partial charge in [-0.15, -0.1) is 0 Å². The number of amides is 4. The molecule has 16 rings (SSSR count). The van der Waals surface area contributed by atoms with Gasteiger partial charge in [0.05, 0.1) is 92.6 Å². The number of methoxy groups -OCH3 is 8. The summed E-state index contributed by atoms with van der Waals surface area (Å²) >= 11 is 18.8. The van der Waals surface area contributed by atoms with Crippen molar-refractivity contribution >= 4 is 170 Å². The highest BCUT2D eigenvalue weighted by molar-refractivity contribution is 9.10. The molecule has 0 unspecified atom stereocenters. The predicted molar refractivity (Wildman–Crippen MR) is 555 cm³/mol. The van der Waals surface area contributed by atoms with Gasteiger partial charge < -0.3 is 79.6 Å². The number of anilines is 4. The van der Waals surface area contributed by atoms with Gasteiger partial charge in [-0.3, -0.25) is 19.2 Å². The Kier molecular flexibility index (Phi) is 32.9. The summed E-state index contributed by atoms with van der Waals surface area (Å²) in [5, 5.41) is 53.2. The van der Waals surface area contributed by atoms with Crippen LogP contribution in [0.1, 0.15) is 146 Å². The number of hydrogen-bond donors (Lipinski definition) is 8. The van der Waals surface area contributed by atoms with Gasteiger partial charge in [-0.2, -0.15) is 0 Å². The van der Waals surface area contributed by atoms with Crippen LogP contribution in [0.2, 0.25) is 10.0 Å². The van der Waals surface area contributed by atoms with Crippen molar-refractivity contribution in [3.05, 3.63) is 349 Å². The molecule has 0 aliphatic heterocycles. The number of fused-ring (bicyclic) bond motifs is 4. The summed E-state index contributed by atoms with van der Waals surface area (Å²) in [4.78, 5) is 51.6. The van der Waals surface area contributed by atoms with Crippen molar-refractivity contribution in [3.8, 4) is 69.0 Å². The average Bonchev–Trinajstić information content (AvgIpc) is 1.63. The van der Waals surface area contributed by atoms with Crippen molar-refractivity contribution in [2.24, 2.45) is 0 Å². The van der Waals surface area contributed by atoms with E-state index in [-0.39, 0.29) is 141 Å². The Morgan fingerprint density at radius 1 is 0.307 bits per heavy atom. The molecule has 0 aromatic heterocycles. The summed E-state index contributed by atoms with van der Waals surface area (Å²) in [7, 11) is 11.7. The van der Waals surface area contributed by atoms with Gasteiger partial charge in [-0.05, 0) is 366 Å². The minimum atomic E-state index is -0.395. The van der Waals surface area contributed by atoms with Crippen LogP contribution < -0.4 is 59.2 Å². The Labute approximate surface area is 835 Å². The van der Waals surface area contributed by atoms with E-state index in [1.807, 2.05) is 125 Å². The molecule has 0 radical (unpaired) electrons. The fraction of sp³-hybridized carbons (Fsp3) is 0.179. The number of ether oxygens (including phenoxy) is 8. The number of hydrogen-bond acceptors (Lipinski definition) is 16. The highest BCUT2D eigenvalue weighted by atomic mass is 79.9. The van der Waals surface area contributed by atoms with Crippen LogP contribution >= 0.6 is 55.1 Å². The summed E-state index contributed by atoms with van der Waals surface area (Å²) in [5.74, 6) is -0.506. The highest BCUT2D eigenvalue weighted by Gasteiger charge is 2.33. The van der Waals surface area contributed by atoms with E-state index in [4.69, 9.17) is 61.1 Å². The van der Waals surface area contributed by atoms with Crippen molar-refractivity contribution in [2.75, 3.05) is 78.1 Å². The molecule has 12 aromatic carbocycles. The number of phenols is 4. The molecule has 4 aliphatic carbocycles. The van der Waals surface area contributed by atoms with Crippen molar-refractivity contribution < 1.29 is 95.1 Å². The molecule has 4 amide bonds. The van der Waals surface area contributed by atoms with Crippen LogP contribution in [0.25, 0.3) is 68.9 Å². The Hall–Kier alpha value is -14.7. The first-order chi connectivity index (χ1) is 66.8. The van der Waals surface area contributed by atoms with Gasteiger partial charge in [0.15, 0.2) is 46.0 Å². The first-order valence-electron chi connectivity index (χ1n) is 43.8. The number of carbonyl (C=O) groups excluding carboxylic acids is 4. The van der Waals surface area contributed by atoms with Gasteiger partial charge in [0.1, 0.15) is 23.3 Å². The molecule has 12 aromatic rings. The molecule has 0 saturated carbocycles. The molecule has 720 valence electrons. The van der Waals surface area contributed by atoms with Crippen LogP contribution in [0.3, 0.4) is 0 Å². The number of phenolic OH excluding ortho intramolecular Hbond substituents is 4. The quantitative estimate of drug-likeness (QED) is 0.0261. The van der Waals surface area contributed by atoms with Gasteiger partial charge in [0.2, 0.25) is 46.6 Å². The van der Waals surface area contributed by atoms with E-state index in [0.717, 1.165) is 109 Å². The number of aromatic hydroxyl groups is 4. The zero-order chi connectivity index (χ0) is 101. The van der Waals surface area contributed by atoms with Crippen LogP contribution in [0.5, 0.6) is 69.0 Å². The van der Waals surface area contributed by atoms with E-state index in [1.165, 1.54) is 111 Å². The van der Waals surface area contributed by atoms with E-state index in [2.05, 4.69) is 73.9 Å². The lowest BCUT2D eigenvalue weighted by atomic mass is 9.87. The van der Waals surface area contributed by atoms with Crippen molar-refractivity contribution in [1.82, 2.24) is 0 Å². The Morgan fingerprint density at radius 3 is 0.807 bits per heavy atom. The summed E-state index contributed by atoms with van der Waals surface area (Å²) in [5.41, 5.74) is 22.6. The van der Waals surface area contributed by atoms with E-state index >= 15 is 0 Å². The second kappa shape index (κ2) is 44.8. The topological polar surface area (TPSA) is 271 Å². The van der Waals surface area contributed by atoms with Crippen LogP contribution in [0.4, 0.5) is 40.3 Å². The molecule has 0 fully saturated rings. The van der Waals surface area contributed by atoms with E-state index in [1.54, 1.807) is 91.0 Å². The van der Waals surface area contributed by atoms with Crippen molar-refractivity contribution in [1.29, 1.82) is 0 Å². The molecule has 0 heterocycles. The lowest BCUT2D eigenvalue weighted by Gasteiger charge is -2.19. The van der Waals surface area contributed by atoms with Crippen molar-refractivity contribution in [3.63, 3.8) is 0 Å². The van der Waals surface area contributed by atoms with E-state index in [9.17, 15) is 57.2 Å². The molecule has 0 spiro atoms. The number of carbonyl (C=O) groups is 4. The maximum atomic E-state index is 14.3. The number of rotatable bonds is 24. The minimum Gasteiger partial charge on any atom is -0.502 e. The molecule has 140 heavy (non-hydrogen) atoms. The third-order valence-corrected chi connectivity index (χ3v) is 25.7. The van der Waals surface area contributed by atoms with E-state index < -0.39 is 5.82 Å². The molecule has 28 heteroatoms. The average molecular weight is 2060 g/mol. The predicted octanol–water partition coefficient (Wildman–Crippen LogP) is 27.7. The zero-order valence-corrected chi connectivity index (χ0v) is 83.7. The Bertz CT molecular complexity index is 7080. The van der Waals surface area contributed by atoms with E-state index in [0.29, 0.717) is 66.2 Å². The number of benzene rings is 12. The smallest absolute Gasteiger partial charge is 0.228 e. The largest absolute Gasteiger partial charge is 0.502 e. The SMILES string of the molecule is COc1cc(/C=C2/C(C)=C(CC(=O)Nc3ccc(Br)cc3)c3cc(F)ccc32)cc(OC)c1O.COc1cc(/C=C2/C(C)=C(CC(=O)Nc3ccc(C(C)(C)C)cc3)c3cc(F)ccc32)cc(OC)c1O.COc1cc(/C=C2/C(C)=C(CC(=O)Nc3ccc(Cl)c(Cl)c3)c3cc(F)ccc32)cc(OC)c1O.COc1cc(/C=C2/C(C)=C(CC(=O)Nc3cccc(Br)c3)c3cc(F)ccc32)cc(OC)c1O. The fourth-order valence-electron chi connectivity index (χ4n) is 16.8. The molecule has 0 atom stereocenters. The first-order valence-corrected chi connectivity index (χ1v) is 46.1. The maximum absolute atomic E-state index is 14.3. The third-order valence-electron chi connectivity index (χ3n) is 23.9. The van der Waals surface area contributed by atoms with Crippen LogP contribution in [0, 0.1) is 23.3 Å². The highest BCUT2D eigenvalue weighted by Crippen LogP contribution is 2.52. The molecule has 8 N–H and O–H groups in total. The van der Waals surface area contributed by atoms with Gasteiger partial charge in [0, 0.05) is 31.7 Å². The summed E-state index contributed by atoms with van der Waals surface area (Å²) in [6.45, 7) is 14.1. The van der Waals surface area contributed by atoms with Gasteiger partial charge in [0.25, 0.3) is 0 Å². The van der Waals surface area contributed by atoms with Crippen molar-refractivity contribution in [2.45, 2.75) is 79.6 Å². The van der Waals surface area contributed by atoms with Crippen LogP contribution in [-0.2, 0) is 24.6 Å². The molecule has 0 bridgehead atoms. The Balaban J connectivity index is 0.000000157.